The summed E-state index contributed by atoms with van der Waals surface area (Å²) in [6.07, 6.45) is 0. The molecule has 28 heavy (non-hydrogen) atoms. The third kappa shape index (κ3) is 5.45. The minimum Gasteiger partial charge on any atom is -0.457 e. The van der Waals surface area contributed by atoms with Gasteiger partial charge in [-0.1, -0.05) is 29.8 Å². The molecule has 3 aromatic rings. The van der Waals surface area contributed by atoms with Gasteiger partial charge in [-0.2, -0.15) is 0 Å². The Kier molecular flexibility index (Phi) is 6.07. The number of carbonyl (C=O) groups excluding carboxylic acids is 2. The van der Waals surface area contributed by atoms with Gasteiger partial charge in [0.05, 0.1) is 6.54 Å². The molecule has 0 aliphatic heterocycles. The number of benzene rings is 3. The lowest BCUT2D eigenvalue weighted by Gasteiger charge is -2.09. The van der Waals surface area contributed by atoms with Crippen molar-refractivity contribution in [3.05, 3.63) is 89.5 Å². The van der Waals surface area contributed by atoms with Crippen LogP contribution in [0.15, 0.2) is 72.8 Å². The van der Waals surface area contributed by atoms with Crippen LogP contribution in [0.4, 0.5) is 5.69 Å². The fraction of sp³-hybridized carbons (Fsp3) is 0.130. The Hall–Kier alpha value is -3.60. The Morgan fingerprint density at radius 2 is 1.54 bits per heavy atom. The molecule has 0 radical (unpaired) electrons. The maximum atomic E-state index is 12.1. The minimum absolute atomic E-state index is 0.103. The van der Waals surface area contributed by atoms with Crippen molar-refractivity contribution in [2.75, 3.05) is 11.9 Å². The average molecular weight is 374 g/mol. The molecule has 0 aliphatic rings. The second-order valence-electron chi connectivity index (χ2n) is 6.54. The number of carbonyl (C=O) groups is 2. The molecule has 0 aromatic heterocycles. The smallest absolute Gasteiger partial charge is 0.251 e. The molecular formula is C23H22N2O3. The van der Waals surface area contributed by atoms with E-state index >= 15 is 0 Å². The van der Waals surface area contributed by atoms with Crippen LogP contribution in [0.2, 0.25) is 0 Å². The SMILES string of the molecule is Cc1ccc(C(=O)NCC(=O)Nc2ccc(Oc3cccc(C)c3)cc2)cc1. The van der Waals surface area contributed by atoms with E-state index in [1.165, 1.54) is 0 Å². The molecule has 5 nitrogen and oxygen atoms in total. The van der Waals surface area contributed by atoms with Crippen LogP contribution in [0.1, 0.15) is 21.5 Å². The van der Waals surface area contributed by atoms with E-state index in [0.29, 0.717) is 17.0 Å². The van der Waals surface area contributed by atoms with Crippen molar-refractivity contribution < 1.29 is 14.3 Å². The van der Waals surface area contributed by atoms with Crippen molar-refractivity contribution >= 4 is 17.5 Å². The highest BCUT2D eigenvalue weighted by atomic mass is 16.5. The largest absolute Gasteiger partial charge is 0.457 e. The molecule has 3 rings (SSSR count). The lowest BCUT2D eigenvalue weighted by atomic mass is 10.1. The van der Waals surface area contributed by atoms with E-state index in [4.69, 9.17) is 4.74 Å². The third-order valence-corrected chi connectivity index (χ3v) is 4.09. The molecule has 0 fully saturated rings. The predicted octanol–water partition coefficient (Wildman–Crippen LogP) is 4.46. The molecule has 0 atom stereocenters. The van der Waals surface area contributed by atoms with Gasteiger partial charge < -0.3 is 15.4 Å². The Balaban J connectivity index is 1.50. The van der Waals surface area contributed by atoms with Crippen molar-refractivity contribution in [3.8, 4) is 11.5 Å². The number of hydrogen-bond acceptors (Lipinski definition) is 3. The highest BCUT2D eigenvalue weighted by Crippen LogP contribution is 2.23. The maximum Gasteiger partial charge on any atom is 0.251 e. The molecule has 2 amide bonds. The zero-order valence-electron chi connectivity index (χ0n) is 15.9. The summed E-state index contributed by atoms with van der Waals surface area (Å²) < 4.78 is 5.79. The van der Waals surface area contributed by atoms with Crippen LogP contribution >= 0.6 is 0 Å². The molecule has 0 bridgehead atoms. The summed E-state index contributed by atoms with van der Waals surface area (Å²) in [4.78, 5) is 24.1. The van der Waals surface area contributed by atoms with Gasteiger partial charge in [0.1, 0.15) is 11.5 Å². The van der Waals surface area contributed by atoms with Crippen LogP contribution in [0, 0.1) is 13.8 Å². The van der Waals surface area contributed by atoms with Crippen molar-refractivity contribution in [2.24, 2.45) is 0 Å². The van der Waals surface area contributed by atoms with Crippen molar-refractivity contribution in [2.45, 2.75) is 13.8 Å². The zero-order valence-corrected chi connectivity index (χ0v) is 15.9. The molecule has 3 aromatic carbocycles. The average Bonchev–Trinajstić information content (AvgIpc) is 2.68. The topological polar surface area (TPSA) is 67.4 Å². The molecule has 2 N–H and O–H groups in total. The fourth-order valence-corrected chi connectivity index (χ4v) is 2.59. The fourth-order valence-electron chi connectivity index (χ4n) is 2.59. The molecule has 0 spiro atoms. The Labute approximate surface area is 164 Å². The normalized spacial score (nSPS) is 10.2. The van der Waals surface area contributed by atoms with Crippen molar-refractivity contribution in [1.82, 2.24) is 5.32 Å². The highest BCUT2D eigenvalue weighted by molar-refractivity contribution is 5.99. The first kappa shape index (κ1) is 19.2. The van der Waals surface area contributed by atoms with Crippen LogP contribution < -0.4 is 15.4 Å². The monoisotopic (exact) mass is 374 g/mol. The van der Waals surface area contributed by atoms with Crippen molar-refractivity contribution in [1.29, 1.82) is 0 Å². The summed E-state index contributed by atoms with van der Waals surface area (Å²) in [5, 5.41) is 5.36. The van der Waals surface area contributed by atoms with Gasteiger partial charge in [0.25, 0.3) is 5.91 Å². The van der Waals surface area contributed by atoms with Gasteiger partial charge in [0.15, 0.2) is 0 Å². The Morgan fingerprint density at radius 1 is 0.821 bits per heavy atom. The molecule has 0 saturated carbocycles. The zero-order chi connectivity index (χ0) is 19.9. The van der Waals surface area contributed by atoms with E-state index in [0.717, 1.165) is 16.9 Å². The summed E-state index contributed by atoms with van der Waals surface area (Å²) in [5.41, 5.74) is 3.35. The standard InChI is InChI=1S/C23H22N2O3/c1-16-6-8-18(9-7-16)23(27)24-15-22(26)25-19-10-12-20(13-11-19)28-21-5-3-4-17(2)14-21/h3-14H,15H2,1-2H3,(H,24,27)(H,25,26). The first-order valence-corrected chi connectivity index (χ1v) is 8.99. The van der Waals surface area contributed by atoms with E-state index in [1.807, 2.05) is 50.2 Å². The predicted molar refractivity (Wildman–Crippen MR) is 110 cm³/mol. The summed E-state index contributed by atoms with van der Waals surface area (Å²) >= 11 is 0. The summed E-state index contributed by atoms with van der Waals surface area (Å²) in [6, 6.07) is 22.0. The van der Waals surface area contributed by atoms with E-state index in [9.17, 15) is 9.59 Å². The Morgan fingerprint density at radius 3 is 2.21 bits per heavy atom. The van der Waals surface area contributed by atoms with Crippen molar-refractivity contribution in [3.63, 3.8) is 0 Å². The number of rotatable bonds is 6. The number of nitrogens with one attached hydrogen (secondary N) is 2. The number of anilines is 1. The van der Waals surface area contributed by atoms with Crippen LogP contribution in [0.5, 0.6) is 11.5 Å². The molecule has 142 valence electrons. The highest BCUT2D eigenvalue weighted by Gasteiger charge is 2.08. The summed E-state index contributed by atoms with van der Waals surface area (Å²) in [7, 11) is 0. The molecule has 0 unspecified atom stereocenters. The van der Waals surface area contributed by atoms with Gasteiger partial charge in [-0.25, -0.2) is 0 Å². The lowest BCUT2D eigenvalue weighted by molar-refractivity contribution is -0.115. The molecular weight excluding hydrogens is 352 g/mol. The second kappa shape index (κ2) is 8.86. The summed E-state index contributed by atoms with van der Waals surface area (Å²) in [5.74, 6) is 0.858. The van der Waals surface area contributed by atoms with Crippen LogP contribution in [0.3, 0.4) is 0 Å². The molecule has 5 heteroatoms. The second-order valence-corrected chi connectivity index (χ2v) is 6.54. The number of ether oxygens (including phenoxy) is 1. The Bertz CT molecular complexity index is 964. The van der Waals surface area contributed by atoms with E-state index in [1.54, 1.807) is 36.4 Å². The van der Waals surface area contributed by atoms with Crippen LogP contribution in [-0.4, -0.2) is 18.4 Å². The van der Waals surface area contributed by atoms with Crippen LogP contribution in [0.25, 0.3) is 0 Å². The van der Waals surface area contributed by atoms with Gasteiger partial charge in [-0.15, -0.1) is 0 Å². The molecule has 0 aliphatic carbocycles. The van der Waals surface area contributed by atoms with Crippen LogP contribution in [-0.2, 0) is 4.79 Å². The maximum absolute atomic E-state index is 12.1. The van der Waals surface area contributed by atoms with Gasteiger partial charge in [0, 0.05) is 11.3 Å². The van der Waals surface area contributed by atoms with E-state index < -0.39 is 0 Å². The van der Waals surface area contributed by atoms with Gasteiger partial charge in [-0.3, -0.25) is 9.59 Å². The first-order valence-electron chi connectivity index (χ1n) is 8.99. The number of hydrogen-bond donors (Lipinski definition) is 2. The molecule has 0 heterocycles. The minimum atomic E-state index is -0.298. The van der Waals surface area contributed by atoms with E-state index in [-0.39, 0.29) is 18.4 Å². The lowest BCUT2D eigenvalue weighted by Crippen LogP contribution is -2.32. The third-order valence-electron chi connectivity index (χ3n) is 4.09. The van der Waals surface area contributed by atoms with Gasteiger partial charge in [0.2, 0.25) is 5.91 Å². The summed E-state index contributed by atoms with van der Waals surface area (Å²) in [6.45, 7) is 3.85. The first-order chi connectivity index (χ1) is 13.5. The van der Waals surface area contributed by atoms with Gasteiger partial charge >= 0.3 is 0 Å². The van der Waals surface area contributed by atoms with Gasteiger partial charge in [-0.05, 0) is 67.9 Å². The number of aryl methyl sites for hydroxylation is 2. The number of amides is 2. The molecule has 0 saturated heterocycles. The van der Waals surface area contributed by atoms with E-state index in [2.05, 4.69) is 10.6 Å². The quantitative estimate of drug-likeness (QED) is 0.669.